The Bertz CT molecular complexity index is 861. The molecule has 2 amide bonds. The number of carbonyl (C=O) groups excluding carboxylic acids is 2. The summed E-state index contributed by atoms with van der Waals surface area (Å²) in [6.07, 6.45) is 0.833. The minimum absolute atomic E-state index is 0.0560. The average molecular weight is 425 g/mol. The molecule has 0 saturated carbocycles. The van der Waals surface area contributed by atoms with Gasteiger partial charge in [0, 0.05) is 12.6 Å². The number of benzene rings is 2. The molecule has 0 saturated heterocycles. The standard InChI is InChI=1S/C26H36N2O3/c1-7-20(5)27-26(30)21(6)28(16-22-14-12-19(4)13-15-22)25(29)17-31-24-11-9-8-10-23(24)18(2)3/h8-15,18,20-21H,7,16-17H2,1-6H3,(H,27,30)/t20-,21-/m1/s1. The summed E-state index contributed by atoms with van der Waals surface area (Å²) in [4.78, 5) is 27.6. The molecule has 2 aromatic carbocycles. The molecule has 0 aliphatic rings. The van der Waals surface area contributed by atoms with Crippen LogP contribution in [0.25, 0.3) is 0 Å². The SMILES string of the molecule is CC[C@@H](C)NC(=O)[C@@H](C)N(Cc1ccc(C)cc1)C(=O)COc1ccccc1C(C)C. The Hall–Kier alpha value is -2.82. The maximum absolute atomic E-state index is 13.2. The Morgan fingerprint density at radius 3 is 2.26 bits per heavy atom. The zero-order valence-electron chi connectivity index (χ0n) is 19.6. The first-order valence-electron chi connectivity index (χ1n) is 11.1. The van der Waals surface area contributed by atoms with Crippen LogP contribution in [0.15, 0.2) is 48.5 Å². The molecule has 0 unspecified atom stereocenters. The third-order valence-corrected chi connectivity index (χ3v) is 5.53. The van der Waals surface area contributed by atoms with E-state index < -0.39 is 6.04 Å². The van der Waals surface area contributed by atoms with Crippen molar-refractivity contribution in [2.45, 2.75) is 72.5 Å². The Kier molecular flexibility index (Phi) is 9.10. The lowest BCUT2D eigenvalue weighted by molar-refractivity contribution is -0.142. The Morgan fingerprint density at radius 2 is 1.65 bits per heavy atom. The third-order valence-electron chi connectivity index (χ3n) is 5.53. The molecule has 31 heavy (non-hydrogen) atoms. The number of ether oxygens (including phenoxy) is 1. The second-order valence-corrected chi connectivity index (χ2v) is 8.48. The second kappa shape index (κ2) is 11.5. The van der Waals surface area contributed by atoms with E-state index >= 15 is 0 Å². The van der Waals surface area contributed by atoms with Crippen LogP contribution in [0.3, 0.4) is 0 Å². The molecule has 0 aromatic heterocycles. The second-order valence-electron chi connectivity index (χ2n) is 8.48. The molecule has 0 fully saturated rings. The van der Waals surface area contributed by atoms with E-state index in [4.69, 9.17) is 4.74 Å². The summed E-state index contributed by atoms with van der Waals surface area (Å²) in [5.74, 6) is 0.622. The van der Waals surface area contributed by atoms with Crippen LogP contribution in [0.2, 0.25) is 0 Å². The van der Waals surface area contributed by atoms with E-state index in [-0.39, 0.29) is 30.4 Å². The number of nitrogens with zero attached hydrogens (tertiary/aromatic N) is 1. The first kappa shape index (κ1) is 24.4. The number of nitrogens with one attached hydrogen (secondary N) is 1. The van der Waals surface area contributed by atoms with Crippen molar-refractivity contribution < 1.29 is 14.3 Å². The normalized spacial score (nSPS) is 12.9. The molecule has 2 atom stereocenters. The lowest BCUT2D eigenvalue weighted by atomic mass is 10.0. The van der Waals surface area contributed by atoms with E-state index in [1.807, 2.05) is 69.3 Å². The smallest absolute Gasteiger partial charge is 0.261 e. The largest absolute Gasteiger partial charge is 0.483 e. The average Bonchev–Trinajstić information content (AvgIpc) is 2.76. The highest BCUT2D eigenvalue weighted by molar-refractivity contribution is 5.88. The molecule has 2 aromatic rings. The molecule has 168 valence electrons. The van der Waals surface area contributed by atoms with Gasteiger partial charge in [-0.1, -0.05) is 68.8 Å². The summed E-state index contributed by atoms with van der Waals surface area (Å²) in [6, 6.07) is 15.2. The van der Waals surface area contributed by atoms with E-state index in [1.165, 1.54) is 0 Å². The Labute approximate surface area is 186 Å². The zero-order chi connectivity index (χ0) is 23.0. The van der Waals surface area contributed by atoms with Crippen LogP contribution >= 0.6 is 0 Å². The monoisotopic (exact) mass is 424 g/mol. The van der Waals surface area contributed by atoms with E-state index in [2.05, 4.69) is 19.2 Å². The van der Waals surface area contributed by atoms with Crippen molar-refractivity contribution in [2.75, 3.05) is 6.61 Å². The zero-order valence-corrected chi connectivity index (χ0v) is 19.6. The molecular formula is C26H36N2O3. The van der Waals surface area contributed by atoms with Crippen LogP contribution in [-0.2, 0) is 16.1 Å². The van der Waals surface area contributed by atoms with Crippen LogP contribution in [0.4, 0.5) is 0 Å². The number of amides is 2. The highest BCUT2D eigenvalue weighted by Gasteiger charge is 2.27. The maximum Gasteiger partial charge on any atom is 0.261 e. The number of carbonyl (C=O) groups is 2. The van der Waals surface area contributed by atoms with Crippen molar-refractivity contribution in [3.8, 4) is 5.75 Å². The first-order valence-corrected chi connectivity index (χ1v) is 11.1. The molecule has 0 spiro atoms. The van der Waals surface area contributed by atoms with Gasteiger partial charge < -0.3 is 15.0 Å². The number of hydrogen-bond donors (Lipinski definition) is 1. The van der Waals surface area contributed by atoms with Crippen LogP contribution in [0.5, 0.6) is 5.75 Å². The van der Waals surface area contributed by atoms with Crippen molar-refractivity contribution >= 4 is 11.8 Å². The van der Waals surface area contributed by atoms with Crippen molar-refractivity contribution in [1.82, 2.24) is 10.2 Å². The van der Waals surface area contributed by atoms with Gasteiger partial charge in [0.05, 0.1) is 0 Å². The van der Waals surface area contributed by atoms with Gasteiger partial charge >= 0.3 is 0 Å². The topological polar surface area (TPSA) is 58.6 Å². The molecular weight excluding hydrogens is 388 g/mol. The quantitative estimate of drug-likeness (QED) is 0.594. The predicted octanol–water partition coefficient (Wildman–Crippen LogP) is 4.83. The molecule has 5 nitrogen and oxygen atoms in total. The van der Waals surface area contributed by atoms with Crippen molar-refractivity contribution in [2.24, 2.45) is 0 Å². The highest BCUT2D eigenvalue weighted by Crippen LogP contribution is 2.26. The Balaban J connectivity index is 2.19. The van der Waals surface area contributed by atoms with E-state index in [0.29, 0.717) is 12.3 Å². The molecule has 0 bridgehead atoms. The fraction of sp³-hybridized carbons (Fsp3) is 0.462. The van der Waals surface area contributed by atoms with Crippen LogP contribution < -0.4 is 10.1 Å². The van der Waals surface area contributed by atoms with Gasteiger partial charge in [0.25, 0.3) is 5.91 Å². The third kappa shape index (κ3) is 7.12. The lowest BCUT2D eigenvalue weighted by Crippen LogP contribution is -2.50. The van der Waals surface area contributed by atoms with Gasteiger partial charge in [-0.3, -0.25) is 9.59 Å². The summed E-state index contributed by atoms with van der Waals surface area (Å²) < 4.78 is 5.91. The molecule has 0 heterocycles. The molecule has 0 radical (unpaired) electrons. The van der Waals surface area contributed by atoms with Gasteiger partial charge in [-0.2, -0.15) is 0 Å². The summed E-state index contributed by atoms with van der Waals surface area (Å²) in [5.41, 5.74) is 3.19. The van der Waals surface area contributed by atoms with Gasteiger partial charge in [-0.15, -0.1) is 0 Å². The van der Waals surface area contributed by atoms with Crippen molar-refractivity contribution in [3.63, 3.8) is 0 Å². The van der Waals surface area contributed by atoms with E-state index in [0.717, 1.165) is 23.1 Å². The number of aryl methyl sites for hydroxylation is 1. The highest BCUT2D eigenvalue weighted by atomic mass is 16.5. The summed E-state index contributed by atoms with van der Waals surface area (Å²) in [6.45, 7) is 12.2. The van der Waals surface area contributed by atoms with Crippen LogP contribution in [-0.4, -0.2) is 35.4 Å². The summed E-state index contributed by atoms with van der Waals surface area (Å²) in [5, 5.41) is 2.98. The molecule has 2 rings (SSSR count). The van der Waals surface area contributed by atoms with Crippen LogP contribution in [0.1, 0.15) is 63.6 Å². The van der Waals surface area contributed by atoms with Gasteiger partial charge in [0.1, 0.15) is 11.8 Å². The minimum Gasteiger partial charge on any atom is -0.483 e. The van der Waals surface area contributed by atoms with Gasteiger partial charge in [-0.05, 0) is 50.3 Å². The number of rotatable bonds is 10. The van der Waals surface area contributed by atoms with Gasteiger partial charge in [-0.25, -0.2) is 0 Å². The molecule has 0 aliphatic carbocycles. The molecule has 1 N–H and O–H groups in total. The van der Waals surface area contributed by atoms with Crippen molar-refractivity contribution in [3.05, 3.63) is 65.2 Å². The maximum atomic E-state index is 13.2. The van der Waals surface area contributed by atoms with Gasteiger partial charge in [0.15, 0.2) is 6.61 Å². The van der Waals surface area contributed by atoms with E-state index in [1.54, 1.807) is 11.8 Å². The Morgan fingerprint density at radius 1 is 1.00 bits per heavy atom. The fourth-order valence-electron chi connectivity index (χ4n) is 3.25. The van der Waals surface area contributed by atoms with Gasteiger partial charge in [0.2, 0.25) is 5.91 Å². The molecule has 5 heteroatoms. The predicted molar refractivity (Wildman–Crippen MR) is 125 cm³/mol. The number of para-hydroxylation sites is 1. The van der Waals surface area contributed by atoms with Crippen LogP contribution in [0, 0.1) is 6.92 Å². The van der Waals surface area contributed by atoms with Crippen molar-refractivity contribution in [1.29, 1.82) is 0 Å². The minimum atomic E-state index is -0.605. The van der Waals surface area contributed by atoms with E-state index in [9.17, 15) is 9.59 Å². The number of hydrogen-bond acceptors (Lipinski definition) is 3. The first-order chi connectivity index (χ1) is 14.7. The lowest BCUT2D eigenvalue weighted by Gasteiger charge is -2.30. The summed E-state index contributed by atoms with van der Waals surface area (Å²) >= 11 is 0. The summed E-state index contributed by atoms with van der Waals surface area (Å²) in [7, 11) is 0. The molecule has 0 aliphatic heterocycles. The fourth-order valence-corrected chi connectivity index (χ4v) is 3.25.